The molecule has 1 aromatic rings. The number of aromatic nitrogens is 2. The second-order valence-electron chi connectivity index (χ2n) is 15.3. The van der Waals surface area contributed by atoms with Gasteiger partial charge in [0, 0.05) is 17.2 Å². The maximum absolute atomic E-state index is 5.30. The van der Waals surface area contributed by atoms with Gasteiger partial charge in [-0.25, -0.2) is 0 Å². The molecule has 11 unspecified atom stereocenters. The van der Waals surface area contributed by atoms with Crippen molar-refractivity contribution in [3.63, 3.8) is 0 Å². The lowest BCUT2D eigenvalue weighted by Crippen LogP contribution is -2.54. The van der Waals surface area contributed by atoms with Crippen LogP contribution in [-0.4, -0.2) is 9.97 Å². The lowest BCUT2D eigenvalue weighted by atomic mass is 9.43. The average Bonchev–Trinajstić information content (AvgIpc) is 3.74. The number of H-pyrrole nitrogens is 1. The first kappa shape index (κ1) is 27.1. The van der Waals surface area contributed by atoms with Crippen molar-refractivity contribution in [2.24, 2.45) is 63.6 Å². The van der Waals surface area contributed by atoms with Gasteiger partial charge in [0.2, 0.25) is 0 Å². The largest absolute Gasteiger partial charge is 0.350 e. The van der Waals surface area contributed by atoms with E-state index >= 15 is 0 Å². The molecule has 5 saturated carbocycles. The highest BCUT2D eigenvalue weighted by atomic mass is 32.1. The van der Waals surface area contributed by atoms with Gasteiger partial charge in [-0.1, -0.05) is 70.8 Å². The SMILES string of the molecule is C.C=C1CC(CC2CCC3C4CC5C6C7C=C(c8c[nH]c(=S)cn8)C(=C)C(C)(C4CCC23C)C756)CC(C)=C1CC. The number of hydrogen-bond acceptors (Lipinski definition) is 2. The first-order valence-corrected chi connectivity index (χ1v) is 16.4. The second-order valence-corrected chi connectivity index (χ2v) is 15.7. The Hall–Kier alpha value is -1.74. The fourth-order valence-electron chi connectivity index (χ4n) is 12.8. The van der Waals surface area contributed by atoms with Gasteiger partial charge < -0.3 is 4.98 Å². The van der Waals surface area contributed by atoms with Crippen LogP contribution in [0.4, 0.5) is 0 Å². The van der Waals surface area contributed by atoms with E-state index in [-0.39, 0.29) is 12.8 Å². The minimum absolute atomic E-state index is 0. The fourth-order valence-corrected chi connectivity index (χ4v) is 12.9. The van der Waals surface area contributed by atoms with Gasteiger partial charge in [0.1, 0.15) is 4.64 Å². The molecule has 1 heterocycles. The molecule has 2 nitrogen and oxygen atoms in total. The van der Waals surface area contributed by atoms with Crippen molar-refractivity contribution in [2.45, 2.75) is 92.9 Å². The summed E-state index contributed by atoms with van der Waals surface area (Å²) in [7, 11) is 0. The Bertz CT molecular complexity index is 1410. The molecule has 0 aliphatic heterocycles. The zero-order valence-electron chi connectivity index (χ0n) is 24.5. The summed E-state index contributed by atoms with van der Waals surface area (Å²) in [4.78, 5) is 8.00. The van der Waals surface area contributed by atoms with E-state index in [4.69, 9.17) is 23.8 Å². The third-order valence-corrected chi connectivity index (χ3v) is 14.6. The van der Waals surface area contributed by atoms with Crippen molar-refractivity contribution in [3.05, 3.63) is 64.3 Å². The summed E-state index contributed by atoms with van der Waals surface area (Å²) in [5.74, 6) is 6.87. The van der Waals surface area contributed by atoms with Crippen LogP contribution < -0.4 is 0 Å². The van der Waals surface area contributed by atoms with E-state index in [0.717, 1.165) is 59.5 Å². The molecule has 214 valence electrons. The zero-order valence-corrected chi connectivity index (χ0v) is 25.3. The van der Waals surface area contributed by atoms with E-state index < -0.39 is 0 Å². The van der Waals surface area contributed by atoms with Crippen LogP contribution in [0.2, 0.25) is 0 Å². The van der Waals surface area contributed by atoms with Crippen LogP contribution in [0, 0.1) is 68.2 Å². The third-order valence-electron chi connectivity index (χ3n) is 14.4. The van der Waals surface area contributed by atoms with E-state index in [1.807, 2.05) is 6.20 Å². The van der Waals surface area contributed by atoms with Crippen molar-refractivity contribution in [1.29, 1.82) is 0 Å². The van der Waals surface area contributed by atoms with Crippen LogP contribution in [0.1, 0.15) is 98.6 Å². The van der Waals surface area contributed by atoms with Crippen LogP contribution in [0.15, 0.2) is 53.9 Å². The molecule has 0 saturated heterocycles. The summed E-state index contributed by atoms with van der Waals surface area (Å²) in [6.45, 7) is 19.5. The molecular formula is C37H50N2S. The van der Waals surface area contributed by atoms with Gasteiger partial charge in [-0.2, -0.15) is 0 Å². The van der Waals surface area contributed by atoms with Gasteiger partial charge in [-0.05, 0) is 134 Å². The molecular weight excluding hydrogens is 504 g/mol. The van der Waals surface area contributed by atoms with Crippen LogP contribution in [-0.2, 0) is 0 Å². The van der Waals surface area contributed by atoms with Crippen molar-refractivity contribution in [1.82, 2.24) is 9.97 Å². The highest BCUT2D eigenvalue weighted by Gasteiger charge is 2.94. The van der Waals surface area contributed by atoms with E-state index in [2.05, 4.69) is 45.3 Å². The molecule has 0 radical (unpaired) electrons. The van der Waals surface area contributed by atoms with Gasteiger partial charge >= 0.3 is 0 Å². The van der Waals surface area contributed by atoms with Crippen molar-refractivity contribution in [2.75, 3.05) is 0 Å². The predicted molar refractivity (Wildman–Crippen MR) is 169 cm³/mol. The van der Waals surface area contributed by atoms with Crippen LogP contribution in [0.5, 0.6) is 0 Å². The molecule has 0 amide bonds. The number of nitrogens with zero attached hydrogens (tertiary/aromatic N) is 1. The number of allylic oxidation sites excluding steroid dienone is 6. The fraction of sp³-hybridized carbons (Fsp3) is 0.676. The van der Waals surface area contributed by atoms with Crippen molar-refractivity contribution in [3.8, 4) is 0 Å². The van der Waals surface area contributed by atoms with Crippen LogP contribution >= 0.6 is 12.2 Å². The number of fused-ring (bicyclic) bond motifs is 6. The van der Waals surface area contributed by atoms with Crippen molar-refractivity contribution >= 4 is 17.8 Å². The quantitative estimate of drug-likeness (QED) is 0.375. The maximum atomic E-state index is 5.30. The summed E-state index contributed by atoms with van der Waals surface area (Å²) in [5.41, 5.74) is 9.68. The lowest BCUT2D eigenvalue weighted by Gasteiger charge is -2.60. The van der Waals surface area contributed by atoms with Gasteiger partial charge in [-0.3, -0.25) is 4.98 Å². The van der Waals surface area contributed by atoms with Gasteiger partial charge in [0.05, 0.1) is 11.9 Å². The predicted octanol–water partition coefficient (Wildman–Crippen LogP) is 10.1. The molecule has 40 heavy (non-hydrogen) atoms. The third kappa shape index (κ3) is 3.12. The van der Waals surface area contributed by atoms with E-state index in [1.54, 1.807) is 17.3 Å². The zero-order chi connectivity index (χ0) is 27.1. The molecule has 5 fully saturated rings. The normalized spacial score (nSPS) is 47.9. The van der Waals surface area contributed by atoms with Gasteiger partial charge in [0.15, 0.2) is 0 Å². The van der Waals surface area contributed by atoms with Gasteiger partial charge in [-0.15, -0.1) is 0 Å². The molecule has 8 rings (SSSR count). The molecule has 7 aliphatic rings. The summed E-state index contributed by atoms with van der Waals surface area (Å²) in [5, 5.41) is 0. The molecule has 11 atom stereocenters. The van der Waals surface area contributed by atoms with Gasteiger partial charge in [0.25, 0.3) is 0 Å². The smallest absolute Gasteiger partial charge is 0.121 e. The first-order valence-electron chi connectivity index (χ1n) is 16.0. The Morgan fingerprint density at radius 3 is 2.60 bits per heavy atom. The molecule has 1 aromatic heterocycles. The number of aromatic amines is 1. The molecule has 0 bridgehead atoms. The average molecular weight is 555 g/mol. The Kier molecular flexibility index (Phi) is 5.86. The highest BCUT2D eigenvalue weighted by Crippen LogP contribution is 2.98. The molecule has 1 spiro atoms. The second kappa shape index (κ2) is 8.65. The van der Waals surface area contributed by atoms with E-state index in [9.17, 15) is 0 Å². The van der Waals surface area contributed by atoms with E-state index in [0.29, 0.717) is 15.5 Å². The Morgan fingerprint density at radius 1 is 1.10 bits per heavy atom. The highest BCUT2D eigenvalue weighted by molar-refractivity contribution is 7.71. The summed E-state index contributed by atoms with van der Waals surface area (Å²) >= 11 is 5.30. The number of rotatable bonds is 4. The summed E-state index contributed by atoms with van der Waals surface area (Å²) in [6, 6.07) is 0. The Morgan fingerprint density at radius 2 is 1.90 bits per heavy atom. The Balaban J connectivity index is 0.00000264. The Labute approximate surface area is 247 Å². The minimum atomic E-state index is 0. The standard InChI is InChI=1S/C36H46N2S.CH4/c1-7-24-19(2)12-22(13-20(24)3)14-23-8-9-27-26-16-30-33-29-15-25(31-17-38-32(39)18-37-31)21(4)35(6,36(29,30)33)28(26)10-11-34(23,27)5;/h15,17-18,22-23,26-30,33H,2,4,7-14,16H2,1,3,5-6H3,(H,38,39);1H4. The topological polar surface area (TPSA) is 28.7 Å². The summed E-state index contributed by atoms with van der Waals surface area (Å²) in [6.07, 6.45) is 18.7. The minimum Gasteiger partial charge on any atom is -0.350 e. The first-order chi connectivity index (χ1) is 18.7. The molecule has 1 N–H and O–H groups in total. The maximum Gasteiger partial charge on any atom is 0.121 e. The van der Waals surface area contributed by atoms with Crippen LogP contribution in [0.25, 0.3) is 5.57 Å². The monoisotopic (exact) mass is 554 g/mol. The number of nitrogens with one attached hydrogen (secondary N) is 1. The molecule has 0 aromatic carbocycles. The van der Waals surface area contributed by atoms with E-state index in [1.165, 1.54) is 68.1 Å². The summed E-state index contributed by atoms with van der Waals surface area (Å²) < 4.78 is 0.701. The molecule has 7 aliphatic carbocycles. The lowest BCUT2D eigenvalue weighted by molar-refractivity contribution is -0.0854. The molecule has 3 heteroatoms. The number of hydrogen-bond donors (Lipinski definition) is 1. The van der Waals surface area contributed by atoms with Crippen LogP contribution in [0.3, 0.4) is 0 Å². The van der Waals surface area contributed by atoms with Crippen molar-refractivity contribution < 1.29 is 0 Å².